The highest BCUT2D eigenvalue weighted by Gasteiger charge is 2.44. The summed E-state index contributed by atoms with van der Waals surface area (Å²) in [6.07, 6.45) is -0.0975. The minimum absolute atomic E-state index is 0.0488. The smallest absolute Gasteiger partial charge is 0.282 e. The van der Waals surface area contributed by atoms with Crippen molar-refractivity contribution in [3.05, 3.63) is 78.0 Å². The van der Waals surface area contributed by atoms with Crippen LogP contribution in [-0.4, -0.2) is 48.6 Å². The number of carbonyl (C=O) groups excluding carboxylic acids is 2. The van der Waals surface area contributed by atoms with Gasteiger partial charge in [-0.05, 0) is 49.9 Å². The van der Waals surface area contributed by atoms with Gasteiger partial charge >= 0.3 is 0 Å². The molecule has 2 heterocycles. The predicted molar refractivity (Wildman–Crippen MR) is 133 cm³/mol. The molecule has 3 aromatic carbocycles. The number of ether oxygens (including phenoxy) is 2. The van der Waals surface area contributed by atoms with Crippen molar-refractivity contribution in [3.63, 3.8) is 0 Å². The van der Waals surface area contributed by atoms with Crippen LogP contribution in [0, 0.1) is 0 Å². The fourth-order valence-corrected chi connectivity index (χ4v) is 4.94. The zero-order valence-electron chi connectivity index (χ0n) is 19.7. The molecule has 34 heavy (non-hydrogen) atoms. The van der Waals surface area contributed by atoms with Gasteiger partial charge in [0.1, 0.15) is 11.4 Å². The largest absolute Gasteiger partial charge is 0.494 e. The summed E-state index contributed by atoms with van der Waals surface area (Å²) in [5, 5.41) is 1.84. The van der Waals surface area contributed by atoms with Crippen LogP contribution in [0.15, 0.2) is 72.4 Å². The van der Waals surface area contributed by atoms with Gasteiger partial charge < -0.3 is 14.4 Å². The molecule has 0 saturated carbocycles. The van der Waals surface area contributed by atoms with Crippen LogP contribution in [0.4, 0.5) is 5.69 Å². The maximum atomic E-state index is 14.0. The molecule has 0 radical (unpaired) electrons. The lowest BCUT2D eigenvalue weighted by Crippen LogP contribution is -2.47. The third-order valence-corrected chi connectivity index (χ3v) is 6.26. The highest BCUT2D eigenvalue weighted by Crippen LogP contribution is 2.38. The van der Waals surface area contributed by atoms with E-state index in [1.54, 1.807) is 0 Å². The van der Waals surface area contributed by atoms with Crippen LogP contribution in [0.3, 0.4) is 0 Å². The summed E-state index contributed by atoms with van der Waals surface area (Å²) in [4.78, 5) is 31.2. The summed E-state index contributed by atoms with van der Waals surface area (Å²) in [7, 11) is 0. The average Bonchev–Trinajstić information content (AvgIpc) is 3.08. The Morgan fingerprint density at radius 3 is 2.26 bits per heavy atom. The maximum Gasteiger partial charge on any atom is 0.282 e. The second kappa shape index (κ2) is 8.95. The van der Waals surface area contributed by atoms with Gasteiger partial charge in [0.2, 0.25) is 0 Å². The first kappa shape index (κ1) is 22.2. The molecular weight excluding hydrogens is 428 g/mol. The van der Waals surface area contributed by atoms with Crippen LogP contribution in [0.25, 0.3) is 16.3 Å². The number of hydrogen-bond acceptors (Lipinski definition) is 5. The van der Waals surface area contributed by atoms with Crippen LogP contribution in [0.2, 0.25) is 0 Å². The quantitative estimate of drug-likeness (QED) is 0.524. The van der Waals surface area contributed by atoms with Gasteiger partial charge in [-0.2, -0.15) is 0 Å². The lowest BCUT2D eigenvalue weighted by Gasteiger charge is -2.37. The molecule has 0 aromatic heterocycles. The Bertz CT molecular complexity index is 1270. The number of amides is 2. The van der Waals surface area contributed by atoms with Gasteiger partial charge in [0.25, 0.3) is 11.8 Å². The summed E-state index contributed by atoms with van der Waals surface area (Å²) in [6, 6.07) is 20.9. The van der Waals surface area contributed by atoms with E-state index in [4.69, 9.17) is 9.47 Å². The van der Waals surface area contributed by atoms with Crippen LogP contribution in [-0.2, 0) is 14.3 Å². The molecule has 6 nitrogen and oxygen atoms in total. The average molecular weight is 457 g/mol. The lowest BCUT2D eigenvalue weighted by molar-refractivity contribution is -0.121. The van der Waals surface area contributed by atoms with Gasteiger partial charge in [0.05, 0.1) is 30.1 Å². The number of benzene rings is 3. The van der Waals surface area contributed by atoms with E-state index in [2.05, 4.69) is 0 Å². The molecule has 0 bridgehead atoms. The molecule has 2 aliphatic rings. The van der Waals surface area contributed by atoms with E-state index in [9.17, 15) is 9.59 Å². The number of carbonyl (C=O) groups is 2. The Kier molecular flexibility index (Phi) is 5.84. The van der Waals surface area contributed by atoms with Crippen molar-refractivity contribution in [2.24, 2.45) is 0 Å². The van der Waals surface area contributed by atoms with Crippen molar-refractivity contribution in [1.29, 1.82) is 0 Å². The number of rotatable bonds is 5. The minimum atomic E-state index is -0.313. The molecule has 2 atom stereocenters. The van der Waals surface area contributed by atoms with Crippen molar-refractivity contribution in [3.8, 4) is 5.75 Å². The number of morpholine rings is 1. The molecule has 0 spiro atoms. The molecule has 2 amide bonds. The summed E-state index contributed by atoms with van der Waals surface area (Å²) in [6.45, 7) is 7.55. The van der Waals surface area contributed by atoms with Gasteiger partial charge in [-0.25, -0.2) is 4.90 Å². The van der Waals surface area contributed by atoms with Crippen LogP contribution in [0.5, 0.6) is 5.75 Å². The molecule has 1 fully saturated rings. The van der Waals surface area contributed by atoms with Crippen molar-refractivity contribution >= 4 is 33.8 Å². The van der Waals surface area contributed by atoms with Gasteiger partial charge in [-0.15, -0.1) is 0 Å². The van der Waals surface area contributed by atoms with E-state index in [1.165, 1.54) is 4.90 Å². The first-order valence-corrected chi connectivity index (χ1v) is 11.7. The first-order valence-electron chi connectivity index (χ1n) is 11.7. The Morgan fingerprint density at radius 1 is 0.882 bits per heavy atom. The normalized spacial score (nSPS) is 21.0. The molecule has 0 aliphatic carbocycles. The van der Waals surface area contributed by atoms with E-state index in [0.717, 1.165) is 16.5 Å². The molecule has 3 aromatic rings. The van der Waals surface area contributed by atoms with E-state index < -0.39 is 0 Å². The summed E-state index contributed by atoms with van der Waals surface area (Å²) in [5.74, 6) is 0.114. The fraction of sp³-hybridized carbons (Fsp3) is 0.286. The third-order valence-electron chi connectivity index (χ3n) is 6.26. The molecule has 6 heteroatoms. The van der Waals surface area contributed by atoms with E-state index in [-0.39, 0.29) is 24.0 Å². The van der Waals surface area contributed by atoms with Crippen molar-refractivity contribution in [2.75, 3.05) is 24.6 Å². The second-order valence-electron chi connectivity index (χ2n) is 8.79. The zero-order chi connectivity index (χ0) is 23.8. The third kappa shape index (κ3) is 3.84. The molecule has 174 valence electrons. The molecule has 2 unspecified atom stereocenters. The van der Waals surface area contributed by atoms with Crippen molar-refractivity contribution in [2.45, 2.75) is 33.0 Å². The topological polar surface area (TPSA) is 59.1 Å². The minimum Gasteiger partial charge on any atom is -0.494 e. The number of hydrogen-bond donors (Lipinski definition) is 0. The number of imide groups is 1. The Hall–Kier alpha value is -3.64. The van der Waals surface area contributed by atoms with Gasteiger partial charge in [0.15, 0.2) is 0 Å². The Balaban J connectivity index is 1.64. The SMILES string of the molecule is CCOc1ccc(C2=C(N3CC(C)OC(C)C3)C(=O)N(c3cccc4ccccc34)C2=O)cc1. The van der Waals surface area contributed by atoms with Gasteiger partial charge in [-0.3, -0.25) is 9.59 Å². The molecule has 0 N–H and O–H groups in total. The monoisotopic (exact) mass is 456 g/mol. The Morgan fingerprint density at radius 2 is 1.56 bits per heavy atom. The van der Waals surface area contributed by atoms with E-state index >= 15 is 0 Å². The van der Waals surface area contributed by atoms with Gasteiger partial charge in [0, 0.05) is 18.5 Å². The first-order chi connectivity index (χ1) is 16.5. The van der Waals surface area contributed by atoms with Crippen LogP contribution >= 0.6 is 0 Å². The second-order valence-corrected chi connectivity index (χ2v) is 8.79. The van der Waals surface area contributed by atoms with Crippen molar-refractivity contribution < 1.29 is 19.1 Å². The van der Waals surface area contributed by atoms with Crippen LogP contribution < -0.4 is 9.64 Å². The lowest BCUT2D eigenvalue weighted by atomic mass is 10.0. The standard InChI is InChI=1S/C28H28N2O4/c1-4-33-22-14-12-21(13-15-22)25-26(29-16-18(2)34-19(3)17-29)28(32)30(27(25)31)24-11-7-9-20-8-5-6-10-23(20)24/h5-15,18-19H,4,16-17H2,1-3H3. The zero-order valence-corrected chi connectivity index (χ0v) is 19.7. The maximum absolute atomic E-state index is 14.0. The molecule has 1 saturated heterocycles. The summed E-state index contributed by atoms with van der Waals surface area (Å²) in [5.41, 5.74) is 2.15. The van der Waals surface area contributed by atoms with Gasteiger partial charge in [-0.1, -0.05) is 48.5 Å². The molecular formula is C28H28N2O4. The van der Waals surface area contributed by atoms with E-state index in [1.807, 2.05) is 92.4 Å². The summed E-state index contributed by atoms with van der Waals surface area (Å²) < 4.78 is 11.5. The highest BCUT2D eigenvalue weighted by atomic mass is 16.5. The number of fused-ring (bicyclic) bond motifs is 1. The predicted octanol–water partition coefficient (Wildman–Crippen LogP) is 4.63. The Labute approximate surface area is 199 Å². The fourth-order valence-electron chi connectivity index (χ4n) is 4.94. The molecule has 2 aliphatic heterocycles. The molecule has 5 rings (SSSR count). The highest BCUT2D eigenvalue weighted by molar-refractivity contribution is 6.46. The number of anilines is 1. The summed E-state index contributed by atoms with van der Waals surface area (Å²) >= 11 is 0. The van der Waals surface area contributed by atoms with Crippen LogP contribution in [0.1, 0.15) is 26.3 Å². The van der Waals surface area contributed by atoms with Crippen molar-refractivity contribution in [1.82, 2.24) is 4.90 Å². The number of nitrogens with zero attached hydrogens (tertiary/aromatic N) is 2. The van der Waals surface area contributed by atoms with E-state index in [0.29, 0.717) is 42.2 Å².